The standard InChI is InChI=1S/C14H28OSi/c1-7-12-13(6)14(8-2)15-16(9-3,10-4)11-5/h1,13-14H,8-12H2,2-6H3/t13-,14+/m1/s1. The van der Waals surface area contributed by atoms with E-state index in [1.165, 1.54) is 18.1 Å². The van der Waals surface area contributed by atoms with Gasteiger partial charge >= 0.3 is 0 Å². The lowest BCUT2D eigenvalue weighted by atomic mass is 10.00. The van der Waals surface area contributed by atoms with E-state index in [1.807, 2.05) is 0 Å². The SMILES string of the molecule is C#CC[C@@H](C)[C@H](CC)O[Si](CC)(CC)CC. The molecule has 0 saturated heterocycles. The van der Waals surface area contributed by atoms with Gasteiger partial charge in [-0.3, -0.25) is 0 Å². The average Bonchev–Trinajstić information content (AvgIpc) is 2.32. The van der Waals surface area contributed by atoms with Gasteiger partial charge in [-0.25, -0.2) is 0 Å². The van der Waals surface area contributed by atoms with Crippen LogP contribution >= 0.6 is 0 Å². The summed E-state index contributed by atoms with van der Waals surface area (Å²) in [5.41, 5.74) is 0. The molecule has 0 N–H and O–H groups in total. The van der Waals surface area contributed by atoms with E-state index in [-0.39, 0.29) is 0 Å². The molecule has 0 aromatic heterocycles. The maximum atomic E-state index is 6.49. The van der Waals surface area contributed by atoms with Crippen molar-refractivity contribution in [2.45, 2.75) is 71.7 Å². The zero-order valence-electron chi connectivity index (χ0n) is 11.7. The van der Waals surface area contributed by atoms with Gasteiger partial charge in [0.2, 0.25) is 0 Å². The average molecular weight is 240 g/mol. The molecule has 1 nitrogen and oxygen atoms in total. The Hall–Kier alpha value is -0.263. The molecule has 0 aliphatic carbocycles. The van der Waals surface area contributed by atoms with Gasteiger partial charge in [0.1, 0.15) is 0 Å². The third-order valence-electron chi connectivity index (χ3n) is 3.81. The molecule has 2 heteroatoms. The summed E-state index contributed by atoms with van der Waals surface area (Å²) in [6.07, 6.45) is 7.67. The van der Waals surface area contributed by atoms with Crippen LogP contribution in [0.5, 0.6) is 0 Å². The first-order chi connectivity index (χ1) is 7.59. The molecule has 0 aromatic rings. The zero-order valence-corrected chi connectivity index (χ0v) is 12.7. The topological polar surface area (TPSA) is 9.23 Å². The van der Waals surface area contributed by atoms with Crippen LogP contribution in [0.2, 0.25) is 18.1 Å². The quantitative estimate of drug-likeness (QED) is 0.450. The van der Waals surface area contributed by atoms with Crippen LogP contribution in [-0.4, -0.2) is 14.4 Å². The van der Waals surface area contributed by atoms with Gasteiger partial charge in [-0.05, 0) is 30.5 Å². The number of rotatable bonds is 8. The third-order valence-corrected chi connectivity index (χ3v) is 8.48. The van der Waals surface area contributed by atoms with E-state index < -0.39 is 8.32 Å². The Morgan fingerprint density at radius 2 is 1.62 bits per heavy atom. The van der Waals surface area contributed by atoms with E-state index in [0.717, 1.165) is 12.8 Å². The van der Waals surface area contributed by atoms with Gasteiger partial charge in [0.25, 0.3) is 0 Å². The summed E-state index contributed by atoms with van der Waals surface area (Å²) in [6.45, 7) is 11.2. The fraction of sp³-hybridized carbons (Fsp3) is 0.857. The largest absolute Gasteiger partial charge is 0.414 e. The first-order valence-corrected chi connectivity index (χ1v) is 9.23. The molecule has 0 spiro atoms. The number of hydrogen-bond donors (Lipinski definition) is 0. The Morgan fingerprint density at radius 3 is 1.94 bits per heavy atom. The van der Waals surface area contributed by atoms with E-state index >= 15 is 0 Å². The highest BCUT2D eigenvalue weighted by atomic mass is 28.4. The minimum absolute atomic E-state index is 0.363. The van der Waals surface area contributed by atoms with Crippen molar-refractivity contribution in [2.24, 2.45) is 5.92 Å². The summed E-state index contributed by atoms with van der Waals surface area (Å²) < 4.78 is 6.49. The second-order valence-corrected chi connectivity index (χ2v) is 9.42. The summed E-state index contributed by atoms with van der Waals surface area (Å²) in [6, 6.07) is 3.66. The highest BCUT2D eigenvalue weighted by Gasteiger charge is 2.32. The molecular formula is C14H28OSi. The van der Waals surface area contributed by atoms with Crippen molar-refractivity contribution in [2.75, 3.05) is 0 Å². The summed E-state index contributed by atoms with van der Waals surface area (Å²) >= 11 is 0. The molecule has 2 atom stereocenters. The lowest BCUT2D eigenvalue weighted by molar-refractivity contribution is 0.127. The van der Waals surface area contributed by atoms with Crippen LogP contribution in [0.4, 0.5) is 0 Å². The Bertz CT molecular complexity index is 207. The van der Waals surface area contributed by atoms with Gasteiger partial charge in [0.05, 0.1) is 0 Å². The molecule has 0 fully saturated rings. The maximum Gasteiger partial charge on any atom is 0.192 e. The van der Waals surface area contributed by atoms with E-state index in [0.29, 0.717) is 12.0 Å². The van der Waals surface area contributed by atoms with Gasteiger partial charge in [-0.2, -0.15) is 0 Å². The van der Waals surface area contributed by atoms with E-state index in [1.54, 1.807) is 0 Å². The Morgan fingerprint density at radius 1 is 1.12 bits per heavy atom. The molecule has 0 aliphatic rings. The molecule has 16 heavy (non-hydrogen) atoms. The molecule has 0 bridgehead atoms. The van der Waals surface area contributed by atoms with Crippen molar-refractivity contribution in [1.29, 1.82) is 0 Å². The lowest BCUT2D eigenvalue weighted by Crippen LogP contribution is -2.41. The maximum absolute atomic E-state index is 6.49. The van der Waals surface area contributed by atoms with Gasteiger partial charge in [0, 0.05) is 12.5 Å². The molecule has 0 aromatic carbocycles. The fourth-order valence-electron chi connectivity index (χ4n) is 2.24. The predicted octanol–water partition coefficient (Wildman–Crippen LogP) is 4.45. The fourth-order valence-corrected chi connectivity index (χ4v) is 5.28. The first kappa shape index (κ1) is 15.7. The van der Waals surface area contributed by atoms with Gasteiger partial charge < -0.3 is 4.43 Å². The zero-order chi connectivity index (χ0) is 12.6. The highest BCUT2D eigenvalue weighted by Crippen LogP contribution is 2.27. The van der Waals surface area contributed by atoms with Crippen molar-refractivity contribution < 1.29 is 4.43 Å². The third kappa shape index (κ3) is 4.31. The Labute approximate surface area is 103 Å². The van der Waals surface area contributed by atoms with Gasteiger partial charge in [0.15, 0.2) is 8.32 Å². The molecule has 94 valence electrons. The molecule has 0 aliphatic heterocycles. The van der Waals surface area contributed by atoms with Crippen LogP contribution in [0.3, 0.4) is 0 Å². The molecular weight excluding hydrogens is 212 g/mol. The minimum atomic E-state index is -1.46. The van der Waals surface area contributed by atoms with E-state index in [4.69, 9.17) is 10.8 Å². The van der Waals surface area contributed by atoms with E-state index in [2.05, 4.69) is 40.5 Å². The second-order valence-electron chi connectivity index (χ2n) is 4.69. The normalized spacial score (nSPS) is 15.5. The number of hydrogen-bond acceptors (Lipinski definition) is 1. The van der Waals surface area contributed by atoms with Crippen LogP contribution in [0.15, 0.2) is 0 Å². The summed E-state index contributed by atoms with van der Waals surface area (Å²) in [5, 5.41) is 0. The molecule has 0 radical (unpaired) electrons. The lowest BCUT2D eigenvalue weighted by Gasteiger charge is -2.35. The number of terminal acetylenes is 1. The minimum Gasteiger partial charge on any atom is -0.414 e. The molecule has 0 amide bonds. The van der Waals surface area contributed by atoms with Crippen LogP contribution in [0.1, 0.15) is 47.5 Å². The molecule has 0 unspecified atom stereocenters. The van der Waals surface area contributed by atoms with E-state index in [9.17, 15) is 0 Å². The molecule has 0 heterocycles. The van der Waals surface area contributed by atoms with Gasteiger partial charge in [-0.1, -0.05) is 34.6 Å². The highest BCUT2D eigenvalue weighted by molar-refractivity contribution is 6.73. The van der Waals surface area contributed by atoms with Crippen molar-refractivity contribution in [1.82, 2.24) is 0 Å². The van der Waals surface area contributed by atoms with Crippen molar-refractivity contribution in [3.8, 4) is 12.3 Å². The van der Waals surface area contributed by atoms with Gasteiger partial charge in [-0.15, -0.1) is 12.3 Å². The summed E-state index contributed by atoms with van der Waals surface area (Å²) in [4.78, 5) is 0. The summed E-state index contributed by atoms with van der Waals surface area (Å²) in [7, 11) is -1.46. The smallest absolute Gasteiger partial charge is 0.192 e. The molecule has 0 rings (SSSR count). The van der Waals surface area contributed by atoms with Crippen molar-refractivity contribution in [3.05, 3.63) is 0 Å². The Balaban J connectivity index is 4.55. The van der Waals surface area contributed by atoms with Crippen molar-refractivity contribution >= 4 is 8.32 Å². The van der Waals surface area contributed by atoms with Crippen LogP contribution in [0.25, 0.3) is 0 Å². The summed E-state index contributed by atoms with van der Waals surface area (Å²) in [5.74, 6) is 3.25. The second kappa shape index (κ2) is 7.92. The van der Waals surface area contributed by atoms with Crippen LogP contribution in [-0.2, 0) is 4.43 Å². The van der Waals surface area contributed by atoms with Crippen LogP contribution < -0.4 is 0 Å². The monoisotopic (exact) mass is 240 g/mol. The molecule has 0 saturated carbocycles. The van der Waals surface area contributed by atoms with Crippen LogP contribution in [0, 0.1) is 18.3 Å². The Kier molecular flexibility index (Phi) is 7.79. The predicted molar refractivity (Wildman–Crippen MR) is 75.0 cm³/mol. The van der Waals surface area contributed by atoms with Crippen molar-refractivity contribution in [3.63, 3.8) is 0 Å². The first-order valence-electron chi connectivity index (χ1n) is 6.70.